The first kappa shape index (κ1) is 24.7. The summed E-state index contributed by atoms with van der Waals surface area (Å²) in [5, 5.41) is 14.4. The molecule has 3 heterocycles. The molecule has 0 aromatic heterocycles. The van der Waals surface area contributed by atoms with Gasteiger partial charge in [-0.2, -0.15) is 0 Å². The van der Waals surface area contributed by atoms with Crippen LogP contribution in [0.4, 0.5) is 4.39 Å². The number of halogens is 1. The van der Waals surface area contributed by atoms with Crippen LogP contribution in [0.25, 0.3) is 0 Å². The number of Topliss-reactive ketones (excluding diaryl/α,β-unsaturated/α-hetero) is 1. The topological polar surface area (TPSA) is 88.1 Å². The van der Waals surface area contributed by atoms with Gasteiger partial charge in [0, 0.05) is 37.0 Å². The van der Waals surface area contributed by atoms with E-state index in [9.17, 15) is 19.1 Å². The summed E-state index contributed by atoms with van der Waals surface area (Å²) in [7, 11) is 0. The predicted molar refractivity (Wildman–Crippen MR) is 132 cm³/mol. The van der Waals surface area contributed by atoms with Crippen molar-refractivity contribution in [2.45, 2.75) is 69.2 Å². The van der Waals surface area contributed by atoms with Gasteiger partial charge in [-0.25, -0.2) is 4.39 Å². The van der Waals surface area contributed by atoms with E-state index in [1.807, 2.05) is 6.07 Å². The number of aliphatic hydroxyl groups excluding tert-OH is 1. The van der Waals surface area contributed by atoms with Gasteiger partial charge in [-0.1, -0.05) is 6.07 Å². The number of ketones is 1. The zero-order valence-corrected chi connectivity index (χ0v) is 20.3. The summed E-state index contributed by atoms with van der Waals surface area (Å²) >= 11 is 0. The Morgan fingerprint density at radius 3 is 2.33 bits per heavy atom. The van der Waals surface area contributed by atoms with E-state index in [1.165, 1.54) is 24.3 Å². The Bertz CT molecular complexity index is 1070. The van der Waals surface area contributed by atoms with E-state index >= 15 is 0 Å². The van der Waals surface area contributed by atoms with Crippen molar-refractivity contribution in [2.75, 3.05) is 19.8 Å². The molecule has 2 aromatic rings. The predicted octanol–water partition coefficient (Wildman–Crippen LogP) is 3.80. The maximum atomic E-state index is 13.1. The molecule has 0 spiro atoms. The number of aliphatic hydroxyl groups is 1. The molecule has 0 aliphatic carbocycles. The normalized spacial score (nSPS) is 22.3. The van der Waals surface area contributed by atoms with Gasteiger partial charge in [0.15, 0.2) is 17.3 Å². The first-order valence-corrected chi connectivity index (χ1v) is 12.9. The highest BCUT2D eigenvalue weighted by molar-refractivity contribution is 5.96. The van der Waals surface area contributed by atoms with Crippen LogP contribution >= 0.6 is 0 Å². The molecule has 2 N–H and O–H groups in total. The molecule has 2 bridgehead atoms. The third-order valence-electron chi connectivity index (χ3n) is 7.62. The minimum atomic E-state index is -0.911. The lowest BCUT2D eigenvalue weighted by molar-refractivity contribution is -0.123. The Morgan fingerprint density at radius 2 is 1.64 bits per heavy atom. The lowest BCUT2D eigenvalue weighted by Gasteiger charge is -2.32. The summed E-state index contributed by atoms with van der Waals surface area (Å²) < 4.78 is 24.4. The number of carbonyl (C=O) groups excluding carboxylic acids is 2. The fourth-order valence-electron chi connectivity index (χ4n) is 5.71. The maximum Gasteiger partial charge on any atom is 0.220 e. The summed E-state index contributed by atoms with van der Waals surface area (Å²) in [6.45, 7) is 1.53. The number of rotatable bonds is 10. The summed E-state index contributed by atoms with van der Waals surface area (Å²) in [4.78, 5) is 27.7. The van der Waals surface area contributed by atoms with E-state index in [0.717, 1.165) is 25.7 Å². The smallest absolute Gasteiger partial charge is 0.220 e. The van der Waals surface area contributed by atoms with Crippen molar-refractivity contribution in [1.82, 2.24) is 10.2 Å². The first-order valence-electron chi connectivity index (χ1n) is 12.9. The van der Waals surface area contributed by atoms with Gasteiger partial charge < -0.3 is 19.9 Å². The van der Waals surface area contributed by atoms with Crippen LogP contribution in [0.1, 0.15) is 67.0 Å². The van der Waals surface area contributed by atoms with Gasteiger partial charge in [-0.15, -0.1) is 0 Å². The van der Waals surface area contributed by atoms with Gasteiger partial charge in [0.05, 0.1) is 6.04 Å². The minimum absolute atomic E-state index is 0.121. The van der Waals surface area contributed by atoms with E-state index in [4.69, 9.17) is 9.47 Å². The molecule has 2 fully saturated rings. The standard InChI is InChI=1S/C28H33FN2O5/c29-20-7-4-18(5-8-20)24(32)2-1-3-27(33)30-23(17-31-21-9-10-22(31)12-11-21)28(34)19-6-13-25-26(16-19)36-15-14-35-25/h4-8,13,16,21-23,28,34H,1-3,9-12,14-15,17H2,(H,30,33). The highest BCUT2D eigenvalue weighted by Crippen LogP contribution is 2.39. The fourth-order valence-corrected chi connectivity index (χ4v) is 5.71. The second-order valence-electron chi connectivity index (χ2n) is 9.96. The van der Waals surface area contributed by atoms with E-state index in [0.29, 0.717) is 60.9 Å². The largest absolute Gasteiger partial charge is 0.486 e. The van der Waals surface area contributed by atoms with Gasteiger partial charge in [0.1, 0.15) is 25.1 Å². The average Bonchev–Trinajstić information content (AvgIpc) is 3.47. The van der Waals surface area contributed by atoms with Crippen molar-refractivity contribution in [3.05, 3.63) is 59.4 Å². The van der Waals surface area contributed by atoms with Gasteiger partial charge in [0.25, 0.3) is 0 Å². The Hall–Kier alpha value is -2.97. The van der Waals surface area contributed by atoms with Gasteiger partial charge in [-0.3, -0.25) is 14.5 Å². The first-order chi connectivity index (χ1) is 17.5. The molecule has 0 radical (unpaired) electrons. The Kier molecular flexibility index (Phi) is 7.53. The van der Waals surface area contributed by atoms with E-state index in [-0.39, 0.29) is 30.3 Å². The van der Waals surface area contributed by atoms with Gasteiger partial charge >= 0.3 is 0 Å². The van der Waals surface area contributed by atoms with Gasteiger partial charge in [0.2, 0.25) is 5.91 Å². The van der Waals surface area contributed by atoms with Crippen LogP contribution in [-0.2, 0) is 4.79 Å². The number of benzene rings is 2. The zero-order valence-electron chi connectivity index (χ0n) is 20.3. The molecular weight excluding hydrogens is 463 g/mol. The van der Waals surface area contributed by atoms with Gasteiger partial charge in [-0.05, 0) is 74.1 Å². The van der Waals surface area contributed by atoms with Crippen LogP contribution in [0.2, 0.25) is 0 Å². The molecule has 2 unspecified atom stereocenters. The molecule has 3 aliphatic heterocycles. The third-order valence-corrected chi connectivity index (χ3v) is 7.62. The number of hydrogen-bond acceptors (Lipinski definition) is 6. The molecule has 8 heteroatoms. The van der Waals surface area contributed by atoms with Crippen molar-refractivity contribution >= 4 is 11.7 Å². The number of nitrogens with one attached hydrogen (secondary N) is 1. The maximum absolute atomic E-state index is 13.1. The Balaban J connectivity index is 1.22. The van der Waals surface area contributed by atoms with Crippen LogP contribution in [-0.4, -0.2) is 59.6 Å². The molecule has 7 nitrogen and oxygen atoms in total. The fraction of sp³-hybridized carbons (Fsp3) is 0.500. The second kappa shape index (κ2) is 11.0. The number of carbonyl (C=O) groups is 2. The van der Waals surface area contributed by atoms with E-state index in [2.05, 4.69) is 10.2 Å². The van der Waals surface area contributed by atoms with E-state index < -0.39 is 12.1 Å². The van der Waals surface area contributed by atoms with Crippen molar-refractivity contribution in [1.29, 1.82) is 0 Å². The molecular formula is C28H33FN2O5. The Morgan fingerprint density at radius 1 is 0.972 bits per heavy atom. The third kappa shape index (κ3) is 5.55. The Labute approximate surface area is 210 Å². The van der Waals surface area contributed by atoms with Crippen LogP contribution in [0, 0.1) is 5.82 Å². The molecule has 2 aromatic carbocycles. The van der Waals surface area contributed by atoms with E-state index in [1.54, 1.807) is 12.1 Å². The quantitative estimate of drug-likeness (QED) is 0.487. The summed E-state index contributed by atoms with van der Waals surface area (Å²) in [5.74, 6) is 0.545. The highest BCUT2D eigenvalue weighted by atomic mass is 19.1. The number of ether oxygens (including phenoxy) is 2. The summed E-state index contributed by atoms with van der Waals surface area (Å²) in [6, 6.07) is 11.4. The number of hydrogen-bond donors (Lipinski definition) is 2. The monoisotopic (exact) mass is 496 g/mol. The molecule has 36 heavy (non-hydrogen) atoms. The van der Waals surface area contributed by atoms with Crippen molar-refractivity contribution < 1.29 is 28.6 Å². The molecule has 1 amide bonds. The molecule has 5 rings (SSSR count). The van der Waals surface area contributed by atoms with Crippen LogP contribution in [0.15, 0.2) is 42.5 Å². The van der Waals surface area contributed by atoms with Crippen molar-refractivity contribution in [3.63, 3.8) is 0 Å². The summed E-state index contributed by atoms with van der Waals surface area (Å²) in [6.07, 6.45) is 4.49. The van der Waals surface area contributed by atoms with Crippen LogP contribution < -0.4 is 14.8 Å². The lowest BCUT2D eigenvalue weighted by Crippen LogP contribution is -2.48. The number of fused-ring (bicyclic) bond motifs is 3. The molecule has 192 valence electrons. The lowest BCUT2D eigenvalue weighted by atomic mass is 10.00. The molecule has 2 atom stereocenters. The number of nitrogens with zero attached hydrogens (tertiary/aromatic N) is 1. The molecule has 2 saturated heterocycles. The van der Waals surface area contributed by atoms with Crippen molar-refractivity contribution in [2.24, 2.45) is 0 Å². The van der Waals surface area contributed by atoms with Crippen LogP contribution in [0.3, 0.4) is 0 Å². The second-order valence-corrected chi connectivity index (χ2v) is 9.96. The highest BCUT2D eigenvalue weighted by Gasteiger charge is 2.41. The zero-order chi connectivity index (χ0) is 25.1. The van der Waals surface area contributed by atoms with Crippen LogP contribution in [0.5, 0.6) is 11.5 Å². The summed E-state index contributed by atoms with van der Waals surface area (Å²) in [5.41, 5.74) is 1.11. The molecule has 0 saturated carbocycles. The van der Waals surface area contributed by atoms with Crippen molar-refractivity contribution in [3.8, 4) is 11.5 Å². The number of amides is 1. The molecule has 3 aliphatic rings. The SMILES string of the molecule is O=C(CCCC(=O)c1ccc(F)cc1)NC(CN1C2CCC1CC2)C(O)c1ccc2c(c1)OCCO2. The minimum Gasteiger partial charge on any atom is -0.486 e. The average molecular weight is 497 g/mol.